The third-order valence-corrected chi connectivity index (χ3v) is 4.19. The van der Waals surface area contributed by atoms with Gasteiger partial charge in [-0.1, -0.05) is 12.1 Å². The van der Waals surface area contributed by atoms with E-state index in [-0.39, 0.29) is 6.03 Å². The van der Waals surface area contributed by atoms with Gasteiger partial charge in [0.25, 0.3) is 0 Å². The minimum absolute atomic E-state index is 0.360. The van der Waals surface area contributed by atoms with Gasteiger partial charge < -0.3 is 20.7 Å². The molecule has 9 heteroatoms. The largest absolute Gasteiger partial charge is 0.495 e. The monoisotopic (exact) mass is 401 g/mol. The summed E-state index contributed by atoms with van der Waals surface area (Å²) in [6.45, 7) is 0. The van der Waals surface area contributed by atoms with E-state index in [9.17, 15) is 4.79 Å². The normalized spacial score (nSPS) is 10.3. The lowest BCUT2D eigenvalue weighted by Gasteiger charge is -2.11. The second kappa shape index (κ2) is 8.74. The Hall–Kier alpha value is -4.40. The van der Waals surface area contributed by atoms with Crippen LogP contribution in [0.4, 0.5) is 27.7 Å². The number of imidazole rings is 1. The van der Waals surface area contributed by atoms with Gasteiger partial charge in [0.2, 0.25) is 0 Å². The number of para-hydroxylation sites is 2. The van der Waals surface area contributed by atoms with Crippen LogP contribution in [0.3, 0.4) is 0 Å². The molecule has 0 atom stereocenters. The Morgan fingerprint density at radius 2 is 1.80 bits per heavy atom. The van der Waals surface area contributed by atoms with Gasteiger partial charge in [-0.15, -0.1) is 0 Å². The fourth-order valence-corrected chi connectivity index (χ4v) is 2.77. The quantitative estimate of drug-likeness (QED) is 0.450. The van der Waals surface area contributed by atoms with Crippen LogP contribution in [0.5, 0.6) is 5.75 Å². The molecule has 2 aromatic carbocycles. The van der Waals surface area contributed by atoms with Crippen LogP contribution >= 0.6 is 0 Å². The third kappa shape index (κ3) is 4.53. The maximum atomic E-state index is 12.3. The van der Waals surface area contributed by atoms with E-state index in [2.05, 4.69) is 30.9 Å². The molecule has 0 spiro atoms. The lowest BCUT2D eigenvalue weighted by Crippen LogP contribution is -2.19. The van der Waals surface area contributed by atoms with Gasteiger partial charge in [-0.05, 0) is 36.4 Å². The Balaban J connectivity index is 1.38. The van der Waals surface area contributed by atoms with E-state index in [1.54, 1.807) is 48.5 Å². The van der Waals surface area contributed by atoms with Crippen molar-refractivity contribution in [2.24, 2.45) is 0 Å². The van der Waals surface area contributed by atoms with Crippen molar-refractivity contribution in [1.29, 1.82) is 0 Å². The molecule has 2 heterocycles. The lowest BCUT2D eigenvalue weighted by molar-refractivity contribution is 0.262. The Bertz CT molecular complexity index is 1130. The Labute approximate surface area is 172 Å². The number of hydrogen-bond acceptors (Lipinski definition) is 6. The van der Waals surface area contributed by atoms with Crippen molar-refractivity contribution in [1.82, 2.24) is 19.5 Å². The van der Waals surface area contributed by atoms with E-state index >= 15 is 0 Å². The van der Waals surface area contributed by atoms with Crippen molar-refractivity contribution in [3.05, 3.63) is 79.6 Å². The summed E-state index contributed by atoms with van der Waals surface area (Å²) in [5.41, 5.74) is 2.06. The smallest absolute Gasteiger partial charge is 0.323 e. The average molecular weight is 401 g/mol. The molecular formula is C21H19N7O2. The highest BCUT2D eigenvalue weighted by atomic mass is 16.5. The number of rotatable bonds is 6. The molecule has 0 bridgehead atoms. The molecule has 4 rings (SSSR count). The summed E-state index contributed by atoms with van der Waals surface area (Å²) < 4.78 is 7.03. The molecule has 0 aliphatic rings. The van der Waals surface area contributed by atoms with Crippen LogP contribution in [0.1, 0.15) is 0 Å². The van der Waals surface area contributed by atoms with Gasteiger partial charge in [0.15, 0.2) is 0 Å². The number of methoxy groups -OCH3 is 1. The molecule has 4 aromatic rings. The molecule has 30 heavy (non-hydrogen) atoms. The molecule has 2 aromatic heterocycles. The molecule has 3 N–H and O–H groups in total. The van der Waals surface area contributed by atoms with Gasteiger partial charge in [-0.2, -0.15) is 0 Å². The second-order valence-corrected chi connectivity index (χ2v) is 6.21. The molecular weight excluding hydrogens is 382 g/mol. The molecule has 0 unspecified atom stereocenters. The summed E-state index contributed by atoms with van der Waals surface area (Å²) in [6, 6.07) is 15.9. The van der Waals surface area contributed by atoms with Crippen molar-refractivity contribution >= 4 is 28.9 Å². The van der Waals surface area contributed by atoms with Gasteiger partial charge in [0.05, 0.1) is 12.8 Å². The van der Waals surface area contributed by atoms with Crippen LogP contribution in [0.15, 0.2) is 79.6 Å². The zero-order valence-corrected chi connectivity index (χ0v) is 16.1. The van der Waals surface area contributed by atoms with Gasteiger partial charge in [0, 0.05) is 29.8 Å². The number of ether oxygens (including phenoxy) is 1. The van der Waals surface area contributed by atoms with E-state index in [4.69, 9.17) is 4.74 Å². The first-order valence-corrected chi connectivity index (χ1v) is 9.10. The third-order valence-electron chi connectivity index (χ3n) is 4.19. The van der Waals surface area contributed by atoms with Gasteiger partial charge >= 0.3 is 6.03 Å². The second-order valence-electron chi connectivity index (χ2n) is 6.21. The van der Waals surface area contributed by atoms with Crippen LogP contribution in [-0.2, 0) is 0 Å². The van der Waals surface area contributed by atoms with Gasteiger partial charge in [-0.25, -0.2) is 19.7 Å². The number of amides is 2. The van der Waals surface area contributed by atoms with E-state index in [0.717, 1.165) is 5.69 Å². The number of carbonyl (C=O) groups excluding carboxylic acids is 1. The van der Waals surface area contributed by atoms with Crippen LogP contribution < -0.4 is 20.7 Å². The molecule has 0 aliphatic heterocycles. The van der Waals surface area contributed by atoms with Crippen LogP contribution in [0.2, 0.25) is 0 Å². The fourth-order valence-electron chi connectivity index (χ4n) is 2.77. The van der Waals surface area contributed by atoms with Gasteiger partial charge in [0.1, 0.15) is 30.0 Å². The minimum atomic E-state index is -0.360. The number of benzene rings is 2. The zero-order chi connectivity index (χ0) is 20.8. The van der Waals surface area contributed by atoms with Crippen LogP contribution in [0, 0.1) is 0 Å². The van der Waals surface area contributed by atoms with Gasteiger partial charge in [-0.3, -0.25) is 4.57 Å². The number of nitrogens with zero attached hydrogens (tertiary/aromatic N) is 4. The number of carbonyl (C=O) groups is 1. The maximum absolute atomic E-state index is 12.3. The Morgan fingerprint density at radius 3 is 2.57 bits per heavy atom. The van der Waals surface area contributed by atoms with E-state index in [0.29, 0.717) is 28.8 Å². The van der Waals surface area contributed by atoms with E-state index in [1.807, 2.05) is 36.5 Å². The first-order valence-electron chi connectivity index (χ1n) is 9.10. The highest BCUT2D eigenvalue weighted by Crippen LogP contribution is 2.23. The summed E-state index contributed by atoms with van der Waals surface area (Å²) >= 11 is 0. The summed E-state index contributed by atoms with van der Waals surface area (Å²) in [5.74, 6) is 1.94. The zero-order valence-electron chi connectivity index (χ0n) is 16.1. The van der Waals surface area contributed by atoms with E-state index in [1.165, 1.54) is 6.33 Å². The highest BCUT2D eigenvalue weighted by Gasteiger charge is 2.07. The molecule has 0 aliphatic carbocycles. The van der Waals surface area contributed by atoms with Crippen molar-refractivity contribution in [3.8, 4) is 11.6 Å². The molecule has 0 fully saturated rings. The Morgan fingerprint density at radius 1 is 1.00 bits per heavy atom. The standard InChI is InChI=1S/C21H19N7O2/c1-30-18-5-3-2-4-17(18)27-21(29)26-16-8-6-15(7-9-16)25-19-12-20(24-13-23-19)28-11-10-22-14-28/h2-14H,1H3,(H,23,24,25)(H2,26,27,29). The molecule has 150 valence electrons. The van der Waals surface area contributed by atoms with Crippen molar-refractivity contribution in [2.75, 3.05) is 23.1 Å². The maximum Gasteiger partial charge on any atom is 0.323 e. The summed E-state index contributed by atoms with van der Waals surface area (Å²) in [7, 11) is 1.56. The van der Waals surface area contributed by atoms with Crippen LogP contribution in [-0.4, -0.2) is 32.7 Å². The topological polar surface area (TPSA) is 106 Å². The average Bonchev–Trinajstić information content (AvgIpc) is 3.31. The number of nitrogens with one attached hydrogen (secondary N) is 3. The van der Waals surface area contributed by atoms with Crippen molar-refractivity contribution in [3.63, 3.8) is 0 Å². The highest BCUT2D eigenvalue weighted by molar-refractivity contribution is 6.00. The fraction of sp³-hybridized carbons (Fsp3) is 0.0476. The number of aromatic nitrogens is 4. The SMILES string of the molecule is COc1ccccc1NC(=O)Nc1ccc(Nc2cc(-n3ccnc3)ncn2)cc1. The lowest BCUT2D eigenvalue weighted by atomic mass is 10.2. The number of hydrogen-bond donors (Lipinski definition) is 3. The number of urea groups is 1. The van der Waals surface area contributed by atoms with E-state index < -0.39 is 0 Å². The molecule has 0 radical (unpaired) electrons. The first-order chi connectivity index (χ1) is 14.7. The molecule has 0 saturated carbocycles. The van der Waals surface area contributed by atoms with Crippen LogP contribution in [0.25, 0.3) is 5.82 Å². The van der Waals surface area contributed by atoms with Crippen molar-refractivity contribution in [2.45, 2.75) is 0 Å². The predicted octanol–water partition coefficient (Wildman–Crippen LogP) is 4.06. The summed E-state index contributed by atoms with van der Waals surface area (Å²) in [5, 5.41) is 8.77. The summed E-state index contributed by atoms with van der Waals surface area (Å²) in [4.78, 5) is 24.7. The molecule has 2 amide bonds. The first kappa shape index (κ1) is 18.9. The Kier molecular flexibility index (Phi) is 5.52. The molecule has 9 nitrogen and oxygen atoms in total. The van der Waals surface area contributed by atoms with Crippen molar-refractivity contribution < 1.29 is 9.53 Å². The minimum Gasteiger partial charge on any atom is -0.495 e. The molecule has 0 saturated heterocycles. The summed E-state index contributed by atoms with van der Waals surface area (Å²) in [6.07, 6.45) is 6.64. The predicted molar refractivity (Wildman–Crippen MR) is 115 cm³/mol. The number of anilines is 4.